The number of alkyl carbamates (subject to hydrolysis) is 1. The summed E-state index contributed by atoms with van der Waals surface area (Å²) in [5, 5.41) is 5.69. The molecule has 1 saturated heterocycles. The van der Waals surface area contributed by atoms with Gasteiger partial charge in [-0.15, -0.1) is 0 Å². The van der Waals surface area contributed by atoms with Crippen LogP contribution in [0.3, 0.4) is 0 Å². The Kier molecular flexibility index (Phi) is 10.6. The number of fused-ring (bicyclic) bond motifs is 5. The highest BCUT2D eigenvalue weighted by molar-refractivity contribution is 7.91. The number of hydrogen-bond donors (Lipinski definition) is 3. The molecule has 6 atom stereocenters. The van der Waals surface area contributed by atoms with E-state index >= 15 is 8.78 Å². The first-order valence-electron chi connectivity index (χ1n) is 21.2. The number of rotatable bonds is 8. The number of nitrogens with one attached hydrogen (secondary N) is 3. The first-order chi connectivity index (χ1) is 28.3. The van der Waals surface area contributed by atoms with Gasteiger partial charge >= 0.3 is 6.09 Å². The molecule has 0 unspecified atom stereocenters. The van der Waals surface area contributed by atoms with Crippen LogP contribution in [0, 0.1) is 11.8 Å². The Morgan fingerprint density at radius 1 is 1.07 bits per heavy atom. The van der Waals surface area contributed by atoms with Crippen LogP contribution in [-0.4, -0.2) is 89.8 Å². The van der Waals surface area contributed by atoms with E-state index in [9.17, 15) is 27.6 Å². The molecule has 3 aliphatic heterocycles. The lowest BCUT2D eigenvalue weighted by molar-refractivity contribution is -0.141. The summed E-state index contributed by atoms with van der Waals surface area (Å²) in [5.41, 5.74) is -3.04. The molecule has 17 heteroatoms. The van der Waals surface area contributed by atoms with Gasteiger partial charge in [0, 0.05) is 23.6 Å². The molecule has 326 valence electrons. The molecule has 3 aliphatic carbocycles. The third-order valence-corrected chi connectivity index (χ3v) is 15.7. The number of halogens is 2. The molecule has 4 amide bonds. The van der Waals surface area contributed by atoms with Crippen molar-refractivity contribution in [1.29, 1.82) is 0 Å². The zero-order valence-electron chi connectivity index (χ0n) is 34.8. The number of carbonyl (C=O) groups excluding carboxylic acids is 4. The second kappa shape index (κ2) is 15.1. The number of ether oxygens (including phenoxy) is 3. The number of amides is 4. The van der Waals surface area contributed by atoms with Crippen LogP contribution in [-0.2, 0) is 35.1 Å². The van der Waals surface area contributed by atoms with Crippen LogP contribution < -0.4 is 24.8 Å². The molecule has 1 spiro atoms. The van der Waals surface area contributed by atoms with E-state index in [2.05, 4.69) is 15.4 Å². The van der Waals surface area contributed by atoms with E-state index in [-0.39, 0.29) is 47.8 Å². The van der Waals surface area contributed by atoms with Gasteiger partial charge in [-0.05, 0) is 89.3 Å². The van der Waals surface area contributed by atoms with Crippen LogP contribution in [0.15, 0.2) is 30.4 Å². The van der Waals surface area contributed by atoms with Crippen LogP contribution in [0.5, 0.6) is 11.5 Å². The molecule has 1 aromatic heterocycles. The largest absolute Gasteiger partial charge is 0.497 e. The number of allylic oxidation sites excluding steroid dienone is 1. The van der Waals surface area contributed by atoms with Crippen LogP contribution >= 0.6 is 0 Å². The van der Waals surface area contributed by atoms with E-state index in [4.69, 9.17) is 19.2 Å². The fraction of sp³-hybridized carbons (Fsp3) is 0.651. The number of benzene rings is 1. The summed E-state index contributed by atoms with van der Waals surface area (Å²) >= 11 is 0. The van der Waals surface area contributed by atoms with E-state index < -0.39 is 92.7 Å². The molecule has 6 aliphatic rings. The van der Waals surface area contributed by atoms with Crippen molar-refractivity contribution in [2.24, 2.45) is 11.8 Å². The van der Waals surface area contributed by atoms with Crippen LogP contribution in [0.25, 0.3) is 10.9 Å². The van der Waals surface area contributed by atoms with Gasteiger partial charge in [0.2, 0.25) is 21.8 Å². The first kappa shape index (κ1) is 42.2. The molecule has 4 heterocycles. The molecular weight excluding hydrogens is 801 g/mol. The summed E-state index contributed by atoms with van der Waals surface area (Å²) in [4.78, 5) is 62.9. The molecular formula is C43H55F2N5O9S. The minimum absolute atomic E-state index is 0.0157. The van der Waals surface area contributed by atoms with Crippen LogP contribution in [0.1, 0.15) is 122 Å². The summed E-state index contributed by atoms with van der Waals surface area (Å²) in [7, 11) is -2.65. The molecule has 60 heavy (non-hydrogen) atoms. The predicted octanol–water partition coefficient (Wildman–Crippen LogP) is 5.87. The molecule has 0 bridgehead atoms. The molecule has 0 radical (unpaired) electrons. The highest BCUT2D eigenvalue weighted by Crippen LogP contribution is 2.58. The fourth-order valence-electron chi connectivity index (χ4n) is 8.88. The molecule has 2 aromatic rings. The Morgan fingerprint density at radius 2 is 1.82 bits per heavy atom. The van der Waals surface area contributed by atoms with Crippen molar-refractivity contribution < 1.29 is 50.6 Å². The van der Waals surface area contributed by atoms with E-state index in [1.54, 1.807) is 32.1 Å². The second-order valence-electron chi connectivity index (χ2n) is 18.5. The number of alkyl halides is 2. The van der Waals surface area contributed by atoms with Crippen LogP contribution in [0.4, 0.5) is 13.6 Å². The van der Waals surface area contributed by atoms with E-state index in [0.717, 1.165) is 12.8 Å². The van der Waals surface area contributed by atoms with E-state index in [0.29, 0.717) is 55.5 Å². The first-order valence-corrected chi connectivity index (χ1v) is 22.7. The van der Waals surface area contributed by atoms with Crippen molar-refractivity contribution in [2.45, 2.75) is 151 Å². The van der Waals surface area contributed by atoms with Gasteiger partial charge in [0.1, 0.15) is 35.1 Å². The lowest BCUT2D eigenvalue weighted by atomic mass is 9.84. The standard InChI is InChI=1S/C43H55F2N5O9S/c1-24(2)25(3)58-39(54)47-31-12-10-8-6-7-9-11-27-20-42(27,38(53)49-60(55,56)40(4)17-18-40)48-36(51)32-21-41(23-50(32)37(31)52)22-43(44,45)33-29-19-28(57-5)15-16-30(29)46-34(26-13-14-26)35(33)59-41/h9,11,15-16,19,24-27,31-32H,6-8,10,12-14,17-18,20-23H2,1-5H3,(H,47,54)(H,48,51)(H,49,53)/b11-9-/t25-,27+,31-,32-,41-,42+/m0/s1. The lowest BCUT2D eigenvalue weighted by Gasteiger charge is -2.40. The maximum Gasteiger partial charge on any atom is 0.408 e. The SMILES string of the molecule is COc1ccc2nc(C3CC3)c3c(c2c1)C(F)(F)C[C@]1(C[C@H]2C(=O)N[C@]4(C(=O)NS(=O)(=O)C5(C)CC5)C[C@H]4/C=C\CCCCC[C@H](NC(=O)O[C@@H](C)C(C)C)C(=O)N2C1)O3. The third-order valence-electron chi connectivity index (χ3n) is 13.5. The number of nitrogens with zero attached hydrogens (tertiary/aromatic N) is 2. The summed E-state index contributed by atoms with van der Waals surface area (Å²) in [6.07, 6.45) is 6.15. The van der Waals surface area contributed by atoms with Gasteiger partial charge in [0.15, 0.2) is 5.75 Å². The number of sulfonamides is 1. The molecule has 1 aromatic carbocycles. The maximum atomic E-state index is 17.1. The number of carbonyl (C=O) groups is 4. The molecule has 3 saturated carbocycles. The number of aromatic nitrogens is 1. The normalized spacial score (nSPS) is 30.7. The highest BCUT2D eigenvalue weighted by atomic mass is 32.2. The zero-order valence-corrected chi connectivity index (χ0v) is 35.6. The van der Waals surface area contributed by atoms with Gasteiger partial charge in [0.05, 0.1) is 41.6 Å². The van der Waals surface area contributed by atoms with Gasteiger partial charge in [-0.3, -0.25) is 19.1 Å². The van der Waals surface area contributed by atoms with E-state index in [1.807, 2.05) is 19.9 Å². The molecule has 8 rings (SSSR count). The van der Waals surface area contributed by atoms with Crippen molar-refractivity contribution >= 4 is 44.7 Å². The summed E-state index contributed by atoms with van der Waals surface area (Å²) in [5.74, 6) is -6.33. The number of hydrogen-bond acceptors (Lipinski definition) is 10. The average molecular weight is 856 g/mol. The van der Waals surface area contributed by atoms with Crippen molar-refractivity contribution in [3.8, 4) is 11.5 Å². The molecule has 14 nitrogen and oxygen atoms in total. The Balaban J connectivity index is 1.18. The summed E-state index contributed by atoms with van der Waals surface area (Å²) < 4.78 is 79.6. The number of pyridine rings is 1. The van der Waals surface area contributed by atoms with Gasteiger partial charge in [-0.2, -0.15) is 0 Å². The van der Waals surface area contributed by atoms with E-state index in [1.165, 1.54) is 18.1 Å². The Morgan fingerprint density at radius 3 is 2.50 bits per heavy atom. The van der Waals surface area contributed by atoms with Gasteiger partial charge < -0.3 is 29.7 Å². The lowest BCUT2D eigenvalue weighted by Crippen LogP contribution is -2.58. The molecule has 3 N–H and O–H groups in total. The average Bonchev–Trinajstić information content (AvgIpc) is 4.12. The monoisotopic (exact) mass is 855 g/mol. The third kappa shape index (κ3) is 7.79. The maximum absolute atomic E-state index is 17.1. The fourth-order valence-corrected chi connectivity index (χ4v) is 10.2. The second-order valence-corrected chi connectivity index (χ2v) is 20.7. The minimum Gasteiger partial charge on any atom is -0.497 e. The quantitative estimate of drug-likeness (QED) is 0.272. The van der Waals surface area contributed by atoms with Gasteiger partial charge in [0.25, 0.3) is 11.8 Å². The molecule has 4 fully saturated rings. The minimum atomic E-state index is -4.09. The van der Waals surface area contributed by atoms with Crippen molar-refractivity contribution in [2.75, 3.05) is 13.7 Å². The summed E-state index contributed by atoms with van der Waals surface area (Å²) in [6, 6.07) is 2.17. The smallest absolute Gasteiger partial charge is 0.408 e. The number of methoxy groups -OCH3 is 1. The van der Waals surface area contributed by atoms with Gasteiger partial charge in [-0.25, -0.2) is 27.0 Å². The summed E-state index contributed by atoms with van der Waals surface area (Å²) in [6.45, 7) is 6.61. The zero-order chi connectivity index (χ0) is 43.0. The predicted molar refractivity (Wildman–Crippen MR) is 216 cm³/mol. The Hall–Kier alpha value is -4.54. The highest BCUT2D eigenvalue weighted by Gasteiger charge is 2.65. The van der Waals surface area contributed by atoms with Crippen molar-refractivity contribution in [3.05, 3.63) is 41.6 Å². The Bertz CT molecular complexity index is 2250. The van der Waals surface area contributed by atoms with Crippen molar-refractivity contribution in [3.63, 3.8) is 0 Å². The topological polar surface area (TPSA) is 182 Å². The van der Waals surface area contributed by atoms with Crippen LogP contribution in [0.2, 0.25) is 0 Å². The Labute approximate surface area is 349 Å². The van der Waals surface area contributed by atoms with Gasteiger partial charge in [-0.1, -0.05) is 38.8 Å². The van der Waals surface area contributed by atoms with Crippen molar-refractivity contribution in [1.82, 2.24) is 25.2 Å².